The second kappa shape index (κ2) is 8.36. The number of carbonyl (C=O) groups is 1. The third kappa shape index (κ3) is 4.34. The molecule has 1 aliphatic heterocycles. The lowest BCUT2D eigenvalue weighted by Gasteiger charge is -2.19. The van der Waals surface area contributed by atoms with E-state index in [-0.39, 0.29) is 11.9 Å². The van der Waals surface area contributed by atoms with Gasteiger partial charge in [-0.15, -0.1) is 0 Å². The van der Waals surface area contributed by atoms with Gasteiger partial charge in [0.15, 0.2) is 0 Å². The maximum atomic E-state index is 13.5. The van der Waals surface area contributed by atoms with Crippen molar-refractivity contribution in [1.29, 1.82) is 0 Å². The van der Waals surface area contributed by atoms with E-state index in [1.165, 1.54) is 23.3 Å². The Hall–Kier alpha value is -2.69. The second-order valence-corrected chi connectivity index (χ2v) is 7.77. The second-order valence-electron chi connectivity index (χ2n) is 7.33. The van der Waals surface area contributed by atoms with Gasteiger partial charge in [0.05, 0.1) is 0 Å². The highest BCUT2D eigenvalue weighted by atomic mass is 35.5. The zero-order chi connectivity index (χ0) is 20.4. The van der Waals surface area contributed by atoms with Crippen molar-refractivity contribution in [1.82, 2.24) is 5.32 Å². The molecule has 148 valence electrons. The first-order valence-electron chi connectivity index (χ1n) is 9.69. The Kier molecular flexibility index (Phi) is 5.65. The van der Waals surface area contributed by atoms with Crippen LogP contribution in [0.5, 0.6) is 0 Å². The monoisotopic (exact) mass is 408 g/mol. The van der Waals surface area contributed by atoms with Gasteiger partial charge in [-0.1, -0.05) is 41.9 Å². The molecule has 3 aromatic rings. The van der Waals surface area contributed by atoms with Gasteiger partial charge in [-0.2, -0.15) is 0 Å². The average molecular weight is 409 g/mol. The van der Waals surface area contributed by atoms with E-state index in [1.807, 2.05) is 30.3 Å². The maximum absolute atomic E-state index is 13.5. The molecule has 0 aliphatic carbocycles. The first kappa shape index (κ1) is 19.6. The molecule has 0 radical (unpaired) electrons. The summed E-state index contributed by atoms with van der Waals surface area (Å²) in [5.74, 6) is -0.559. The first-order chi connectivity index (χ1) is 14.0. The summed E-state index contributed by atoms with van der Waals surface area (Å²) in [4.78, 5) is 14.5. The largest absolute Gasteiger partial charge is 0.308 e. The molecular weight excluding hydrogens is 387 g/mol. The quantitative estimate of drug-likeness (QED) is 0.601. The number of carbonyl (C=O) groups excluding carboxylic acids is 1. The number of halogens is 2. The molecule has 5 heteroatoms. The zero-order valence-electron chi connectivity index (χ0n) is 16.2. The fraction of sp³-hybridized carbons (Fsp3) is 0.208. The van der Waals surface area contributed by atoms with Gasteiger partial charge >= 0.3 is 0 Å². The number of hydrogen-bond donors (Lipinski definition) is 1. The average Bonchev–Trinajstić information content (AvgIpc) is 3.16. The third-order valence-electron chi connectivity index (χ3n) is 5.34. The van der Waals surface area contributed by atoms with Gasteiger partial charge in [0.1, 0.15) is 5.82 Å². The van der Waals surface area contributed by atoms with Gasteiger partial charge in [0.25, 0.3) is 5.91 Å². The van der Waals surface area contributed by atoms with E-state index in [4.69, 9.17) is 11.6 Å². The van der Waals surface area contributed by atoms with Gasteiger partial charge in [-0.25, -0.2) is 4.39 Å². The predicted molar refractivity (Wildman–Crippen MR) is 115 cm³/mol. The Morgan fingerprint density at radius 1 is 1.14 bits per heavy atom. The summed E-state index contributed by atoms with van der Waals surface area (Å²) in [5.41, 5.74) is 4.78. The topological polar surface area (TPSA) is 32.3 Å². The molecule has 1 N–H and O–H groups in total. The fourth-order valence-corrected chi connectivity index (χ4v) is 3.80. The molecule has 0 aromatic heterocycles. The minimum absolute atomic E-state index is 0.162. The van der Waals surface area contributed by atoms with E-state index in [0.29, 0.717) is 12.1 Å². The lowest BCUT2D eigenvalue weighted by Crippen LogP contribution is -2.28. The minimum Gasteiger partial charge on any atom is -0.308 e. The summed E-state index contributed by atoms with van der Waals surface area (Å²) in [7, 11) is 0. The minimum atomic E-state index is -0.397. The summed E-state index contributed by atoms with van der Waals surface area (Å²) < 4.78 is 13.5. The van der Waals surface area contributed by atoms with Crippen molar-refractivity contribution >= 4 is 23.2 Å². The van der Waals surface area contributed by atoms with Gasteiger partial charge in [-0.05, 0) is 66.4 Å². The number of fused-ring (bicyclic) bond motifs is 1. The summed E-state index contributed by atoms with van der Waals surface area (Å²) in [6, 6.07) is 20.0. The van der Waals surface area contributed by atoms with Crippen molar-refractivity contribution < 1.29 is 9.18 Å². The molecule has 0 saturated heterocycles. The number of anilines is 1. The highest BCUT2D eigenvalue weighted by Crippen LogP contribution is 2.32. The van der Waals surface area contributed by atoms with Crippen molar-refractivity contribution in [3.8, 4) is 0 Å². The SMILES string of the molecule is CC(NCc1ccc(Cl)cc1)c1ccc2c(c1)CCN2C(=O)c1cccc(F)c1. The van der Waals surface area contributed by atoms with E-state index in [2.05, 4.69) is 24.4 Å². The fourth-order valence-electron chi connectivity index (χ4n) is 3.67. The molecule has 1 amide bonds. The van der Waals surface area contributed by atoms with E-state index in [9.17, 15) is 9.18 Å². The molecule has 0 bridgehead atoms. The van der Waals surface area contributed by atoms with Crippen molar-refractivity contribution in [2.75, 3.05) is 11.4 Å². The van der Waals surface area contributed by atoms with Crippen LogP contribution in [0.25, 0.3) is 0 Å². The van der Waals surface area contributed by atoms with E-state index in [0.717, 1.165) is 29.2 Å². The summed E-state index contributed by atoms with van der Waals surface area (Å²) in [6.07, 6.45) is 0.800. The zero-order valence-corrected chi connectivity index (χ0v) is 16.9. The van der Waals surface area contributed by atoms with Crippen LogP contribution in [0.1, 0.15) is 40.0 Å². The van der Waals surface area contributed by atoms with Crippen LogP contribution in [0.15, 0.2) is 66.7 Å². The van der Waals surface area contributed by atoms with Crippen LogP contribution >= 0.6 is 11.6 Å². The van der Waals surface area contributed by atoms with E-state index >= 15 is 0 Å². The number of nitrogens with zero attached hydrogens (tertiary/aromatic N) is 1. The maximum Gasteiger partial charge on any atom is 0.258 e. The Labute approximate surface area is 175 Å². The molecule has 1 heterocycles. The van der Waals surface area contributed by atoms with Crippen LogP contribution in [0.3, 0.4) is 0 Å². The van der Waals surface area contributed by atoms with Crippen molar-refractivity contribution in [3.63, 3.8) is 0 Å². The summed E-state index contributed by atoms with van der Waals surface area (Å²) >= 11 is 5.94. The van der Waals surface area contributed by atoms with E-state index < -0.39 is 5.82 Å². The molecule has 1 atom stereocenters. The molecule has 1 aliphatic rings. The number of amides is 1. The van der Waals surface area contributed by atoms with Crippen LogP contribution in [0.4, 0.5) is 10.1 Å². The van der Waals surface area contributed by atoms with Crippen LogP contribution in [0.2, 0.25) is 5.02 Å². The molecule has 3 aromatic carbocycles. The van der Waals surface area contributed by atoms with Crippen molar-refractivity contribution in [3.05, 3.63) is 99.8 Å². The van der Waals surface area contributed by atoms with Gasteiger partial charge in [0, 0.05) is 35.4 Å². The van der Waals surface area contributed by atoms with Gasteiger partial charge < -0.3 is 10.2 Å². The van der Waals surface area contributed by atoms with Crippen LogP contribution in [0, 0.1) is 5.82 Å². The lowest BCUT2D eigenvalue weighted by atomic mass is 10.0. The number of hydrogen-bond acceptors (Lipinski definition) is 2. The molecule has 1 unspecified atom stereocenters. The normalized spacial score (nSPS) is 14.0. The highest BCUT2D eigenvalue weighted by Gasteiger charge is 2.26. The number of rotatable bonds is 5. The lowest BCUT2D eigenvalue weighted by molar-refractivity contribution is 0.0989. The molecule has 0 spiro atoms. The summed E-state index contributed by atoms with van der Waals surface area (Å²) in [6.45, 7) is 3.49. The van der Waals surface area contributed by atoms with E-state index in [1.54, 1.807) is 17.0 Å². The van der Waals surface area contributed by atoms with Crippen LogP contribution in [-0.4, -0.2) is 12.5 Å². The number of nitrogens with one attached hydrogen (secondary N) is 1. The predicted octanol–water partition coefficient (Wildman–Crippen LogP) is 5.53. The number of benzene rings is 3. The van der Waals surface area contributed by atoms with Crippen LogP contribution in [-0.2, 0) is 13.0 Å². The highest BCUT2D eigenvalue weighted by molar-refractivity contribution is 6.30. The Morgan fingerprint density at radius 3 is 2.69 bits per heavy atom. The molecule has 3 nitrogen and oxygen atoms in total. The Balaban J connectivity index is 1.46. The molecule has 29 heavy (non-hydrogen) atoms. The molecule has 0 fully saturated rings. The third-order valence-corrected chi connectivity index (χ3v) is 5.59. The first-order valence-corrected chi connectivity index (χ1v) is 10.1. The van der Waals surface area contributed by atoms with Gasteiger partial charge in [0.2, 0.25) is 0 Å². The molecule has 4 rings (SSSR count). The Bertz CT molecular complexity index is 1040. The summed E-state index contributed by atoms with van der Waals surface area (Å²) in [5, 5.41) is 4.26. The standard InChI is InChI=1S/C24H22ClFN2O/c1-16(27-15-17-5-8-21(25)9-6-17)18-7-10-23-19(13-18)11-12-28(23)24(29)20-3-2-4-22(26)14-20/h2-10,13-14,16,27H,11-12,15H2,1H3. The molecular formula is C24H22ClFN2O. The van der Waals surface area contributed by atoms with Crippen molar-refractivity contribution in [2.45, 2.75) is 25.9 Å². The molecule has 0 saturated carbocycles. The smallest absolute Gasteiger partial charge is 0.258 e. The van der Waals surface area contributed by atoms with Gasteiger partial charge in [-0.3, -0.25) is 4.79 Å². The van der Waals surface area contributed by atoms with Crippen molar-refractivity contribution in [2.24, 2.45) is 0 Å². The van der Waals surface area contributed by atoms with Crippen LogP contribution < -0.4 is 10.2 Å². The Morgan fingerprint density at radius 2 is 1.93 bits per heavy atom.